The third kappa shape index (κ3) is 3.33. The van der Waals surface area contributed by atoms with Gasteiger partial charge in [-0.15, -0.1) is 0 Å². The Morgan fingerprint density at radius 1 is 1.20 bits per heavy atom. The minimum atomic E-state index is -0.783. The molecule has 3 heterocycles. The van der Waals surface area contributed by atoms with Crippen LogP contribution in [0.3, 0.4) is 0 Å². The highest BCUT2D eigenvalue weighted by Gasteiger charge is 2.31. The molecular weight excluding hydrogens is 400 g/mol. The zero-order valence-corrected chi connectivity index (χ0v) is 17.7. The van der Waals surface area contributed by atoms with Crippen molar-refractivity contribution in [2.75, 3.05) is 36.6 Å². The molecule has 2 fully saturated rings. The van der Waals surface area contributed by atoms with Crippen LogP contribution in [-0.4, -0.2) is 57.0 Å². The van der Waals surface area contributed by atoms with Gasteiger partial charge in [0.1, 0.15) is 11.5 Å². The molecule has 1 saturated heterocycles. The second-order valence-electron chi connectivity index (χ2n) is 7.81. The first kappa shape index (κ1) is 19.4. The number of esters is 1. The molecule has 0 amide bonds. The zero-order valence-electron chi connectivity index (χ0n) is 16.9. The molecule has 0 bridgehead atoms. The van der Waals surface area contributed by atoms with Crippen LogP contribution in [0.1, 0.15) is 41.4 Å². The lowest BCUT2D eigenvalue weighted by Gasteiger charge is -2.31. The summed E-state index contributed by atoms with van der Waals surface area (Å²) < 4.78 is 18.8. The number of hydrogen-bond acceptors (Lipinski definition) is 6. The Labute approximate surface area is 178 Å². The van der Waals surface area contributed by atoms with Gasteiger partial charge >= 0.3 is 5.97 Å². The van der Waals surface area contributed by atoms with Crippen LogP contribution in [-0.2, 0) is 15.9 Å². The van der Waals surface area contributed by atoms with Crippen LogP contribution < -0.4 is 4.90 Å². The molecule has 30 heavy (non-hydrogen) atoms. The van der Waals surface area contributed by atoms with Crippen molar-refractivity contribution in [3.8, 4) is 5.69 Å². The Morgan fingerprint density at radius 2 is 1.93 bits per heavy atom. The highest BCUT2D eigenvalue weighted by molar-refractivity contribution is 7.91. The van der Waals surface area contributed by atoms with Crippen LogP contribution >= 0.6 is 0 Å². The van der Waals surface area contributed by atoms with Crippen LogP contribution in [0.15, 0.2) is 36.4 Å². The maximum absolute atomic E-state index is 12.4. The van der Waals surface area contributed by atoms with E-state index in [0.717, 1.165) is 35.3 Å². The van der Waals surface area contributed by atoms with Crippen LogP contribution in [0.2, 0.25) is 0 Å². The van der Waals surface area contributed by atoms with Crippen molar-refractivity contribution in [1.82, 2.24) is 14.8 Å². The normalized spacial score (nSPS) is 17.9. The summed E-state index contributed by atoms with van der Waals surface area (Å²) in [5.41, 5.74) is 3.84. The largest absolute Gasteiger partial charge is 0.616 e. The molecule has 8 heteroatoms. The number of carbonyl (C=O) groups is 1. The van der Waals surface area contributed by atoms with E-state index in [4.69, 9.17) is 14.8 Å². The number of ether oxygens (including phenoxy) is 1. The van der Waals surface area contributed by atoms with Gasteiger partial charge in [0.2, 0.25) is 0 Å². The lowest BCUT2D eigenvalue weighted by molar-refractivity contribution is 0.0594. The lowest BCUT2D eigenvalue weighted by atomic mass is 9.82. The molecule has 3 aromatic rings. The van der Waals surface area contributed by atoms with Crippen LogP contribution in [0.5, 0.6) is 0 Å². The molecule has 0 unspecified atom stereocenters. The van der Waals surface area contributed by atoms with Gasteiger partial charge in [-0.25, -0.2) is 14.5 Å². The van der Waals surface area contributed by atoms with E-state index in [9.17, 15) is 9.35 Å². The number of carbonyl (C=O) groups excluding carboxylic acids is 1. The van der Waals surface area contributed by atoms with Gasteiger partial charge in [-0.2, -0.15) is 5.10 Å². The molecule has 0 radical (unpaired) electrons. The highest BCUT2D eigenvalue weighted by atomic mass is 32.2. The zero-order chi connectivity index (χ0) is 20.7. The van der Waals surface area contributed by atoms with E-state index in [0.29, 0.717) is 36.2 Å². The Bertz CT molecular complexity index is 1070. The molecule has 156 valence electrons. The first-order chi connectivity index (χ1) is 14.7. The predicted octanol–water partition coefficient (Wildman–Crippen LogP) is 3.04. The second-order valence-corrected chi connectivity index (χ2v) is 9.51. The summed E-state index contributed by atoms with van der Waals surface area (Å²) in [6.45, 7) is 1.37. The maximum atomic E-state index is 12.4. The number of rotatable bonds is 4. The molecule has 7 nitrogen and oxygen atoms in total. The number of nitrogens with zero attached hydrogens (tertiary/aromatic N) is 4. The molecule has 2 aromatic heterocycles. The fourth-order valence-corrected chi connectivity index (χ4v) is 5.23. The predicted molar refractivity (Wildman–Crippen MR) is 117 cm³/mol. The van der Waals surface area contributed by atoms with Crippen molar-refractivity contribution in [2.45, 2.75) is 25.2 Å². The minimum Gasteiger partial charge on any atom is -0.616 e. The summed E-state index contributed by atoms with van der Waals surface area (Å²) in [6.07, 6.45) is 3.43. The number of fused-ring (bicyclic) bond motifs is 1. The highest BCUT2D eigenvalue weighted by Crippen LogP contribution is 2.42. The minimum absolute atomic E-state index is 0.268. The Morgan fingerprint density at radius 3 is 2.57 bits per heavy atom. The van der Waals surface area contributed by atoms with E-state index >= 15 is 0 Å². The summed E-state index contributed by atoms with van der Waals surface area (Å²) in [7, 11) is 1.37. The quantitative estimate of drug-likeness (QED) is 0.473. The average Bonchev–Trinajstić information content (AvgIpc) is 3.11. The lowest BCUT2D eigenvalue weighted by Crippen LogP contribution is -2.40. The third-order valence-electron chi connectivity index (χ3n) is 6.05. The van der Waals surface area contributed by atoms with Gasteiger partial charge in [-0.3, -0.25) is 0 Å². The van der Waals surface area contributed by atoms with E-state index in [1.165, 1.54) is 13.5 Å². The SMILES string of the molecule is COC(=O)c1cc(N2CC[S+]([O-])CC2)c2c(C3CCC3)nn(-c3ccccc3)c2n1. The van der Waals surface area contributed by atoms with Crippen molar-refractivity contribution in [1.29, 1.82) is 0 Å². The number of aromatic nitrogens is 3. The molecular formula is C22H24N4O3S. The summed E-state index contributed by atoms with van der Waals surface area (Å²) >= 11 is -0.783. The average molecular weight is 425 g/mol. The topological polar surface area (TPSA) is 83.3 Å². The molecule has 0 N–H and O–H groups in total. The molecule has 2 aliphatic rings. The number of pyridine rings is 1. The van der Waals surface area contributed by atoms with Gasteiger partial charge < -0.3 is 14.2 Å². The molecule has 1 saturated carbocycles. The van der Waals surface area contributed by atoms with Gasteiger partial charge in [0.05, 0.1) is 42.7 Å². The van der Waals surface area contributed by atoms with E-state index in [1.807, 2.05) is 41.1 Å². The Kier molecular flexibility index (Phi) is 5.12. The molecule has 0 spiro atoms. The summed E-state index contributed by atoms with van der Waals surface area (Å²) in [5.74, 6) is 1.19. The van der Waals surface area contributed by atoms with E-state index in [2.05, 4.69) is 4.90 Å². The smallest absolute Gasteiger partial charge is 0.356 e. The van der Waals surface area contributed by atoms with Crippen LogP contribution in [0.25, 0.3) is 16.7 Å². The van der Waals surface area contributed by atoms with E-state index in [1.54, 1.807) is 0 Å². The monoisotopic (exact) mass is 424 g/mol. The first-order valence-electron chi connectivity index (χ1n) is 10.3. The van der Waals surface area contributed by atoms with Crippen molar-refractivity contribution in [3.05, 3.63) is 47.8 Å². The summed E-state index contributed by atoms with van der Waals surface area (Å²) in [4.78, 5) is 19.3. The molecule has 1 aromatic carbocycles. The first-order valence-corrected chi connectivity index (χ1v) is 11.8. The number of hydrogen-bond donors (Lipinski definition) is 0. The molecule has 1 aliphatic carbocycles. The van der Waals surface area contributed by atoms with Gasteiger partial charge in [0.25, 0.3) is 0 Å². The Hall–Kier alpha value is -2.58. The molecule has 0 atom stereocenters. The summed E-state index contributed by atoms with van der Waals surface area (Å²) in [6, 6.07) is 11.7. The molecule has 1 aliphatic heterocycles. The van der Waals surface area contributed by atoms with Crippen molar-refractivity contribution in [3.63, 3.8) is 0 Å². The second kappa shape index (κ2) is 7.92. The maximum Gasteiger partial charge on any atom is 0.356 e. The van der Waals surface area contributed by atoms with Gasteiger partial charge in [-0.05, 0) is 31.0 Å². The summed E-state index contributed by atoms with van der Waals surface area (Å²) in [5, 5.41) is 6.00. The standard InChI is InChI=1S/C22H24N4O3S/c1-29-22(27)17-14-18(25-10-12-30(28)13-11-25)19-20(15-6-5-7-15)24-26(21(19)23-17)16-8-3-2-4-9-16/h2-4,8-9,14-15H,5-7,10-13H2,1H3. The van der Waals surface area contributed by atoms with E-state index in [-0.39, 0.29) is 5.69 Å². The third-order valence-corrected chi connectivity index (χ3v) is 7.33. The van der Waals surface area contributed by atoms with Crippen molar-refractivity contribution < 1.29 is 14.1 Å². The van der Waals surface area contributed by atoms with Gasteiger partial charge in [-0.1, -0.05) is 35.8 Å². The van der Waals surface area contributed by atoms with Crippen molar-refractivity contribution >= 4 is 33.9 Å². The Balaban J connectivity index is 1.76. The number of para-hydroxylation sites is 1. The number of anilines is 1. The van der Waals surface area contributed by atoms with Crippen LogP contribution in [0.4, 0.5) is 5.69 Å². The van der Waals surface area contributed by atoms with Crippen molar-refractivity contribution in [2.24, 2.45) is 0 Å². The fourth-order valence-electron chi connectivity index (χ4n) is 4.18. The van der Waals surface area contributed by atoms with Gasteiger partial charge in [0.15, 0.2) is 11.3 Å². The van der Waals surface area contributed by atoms with E-state index < -0.39 is 17.1 Å². The fraction of sp³-hybridized carbons (Fsp3) is 0.409. The molecule has 5 rings (SSSR count). The van der Waals surface area contributed by atoms with Crippen LogP contribution in [0, 0.1) is 0 Å². The van der Waals surface area contributed by atoms with Gasteiger partial charge in [0, 0.05) is 5.92 Å². The number of benzene rings is 1. The number of methoxy groups -OCH3 is 1.